The van der Waals surface area contributed by atoms with E-state index in [1.54, 1.807) is 55.4 Å². The number of hydrogen-bond acceptors (Lipinski definition) is 24. The van der Waals surface area contributed by atoms with Gasteiger partial charge in [0.2, 0.25) is 118 Å². The molecule has 4 rings (SSSR count). The highest BCUT2D eigenvalue weighted by Crippen LogP contribution is 2.27. The number of carboxylic acid groups (broad SMARTS) is 2. The van der Waals surface area contributed by atoms with Crippen molar-refractivity contribution in [2.24, 2.45) is 58.4 Å². The van der Waals surface area contributed by atoms with Gasteiger partial charge in [-0.15, -0.1) is 0 Å². The Kier molecular flexibility index (Phi) is 43.5. The fourth-order valence-corrected chi connectivity index (χ4v) is 15.5. The first-order valence-electron chi connectivity index (χ1n) is 43.6. The van der Waals surface area contributed by atoms with Gasteiger partial charge in [-0.05, 0) is 133 Å². The van der Waals surface area contributed by atoms with Crippen LogP contribution < -0.4 is 92.1 Å². The van der Waals surface area contributed by atoms with Gasteiger partial charge in [0.25, 0.3) is 0 Å². The number of nitrogens with zero attached hydrogens (tertiary/aromatic N) is 4. The molecule has 4 aliphatic heterocycles. The lowest BCUT2D eigenvalue weighted by molar-refractivity contribution is -0.145. The third-order valence-electron chi connectivity index (χ3n) is 22.0. The number of aliphatic hydroxyl groups excluding tert-OH is 1. The number of carbonyl (C=O) groups excluding carboxylic acids is 20. The van der Waals surface area contributed by atoms with Gasteiger partial charge in [-0.3, -0.25) is 105 Å². The standard InChI is InChI=1S/C82H135N21O25/c1-38(2)29-47(68(113)91-49(33-59(85)106)71(116)97-64(42(9)10)76(121)96-53(34-60(86)107)80(125)100-25-15-19-54(100)72(117)88-44(13)82(127)128)93-73(118)55-20-16-26-101(55)79(124)52(32-41(7)8)95-77(122)66(45(14)104)99-67(112)46(23-24-58(84)105)90-70(115)50(35-63(110)111)92-69(114)48(30-39(3)4)94-74(119)56-21-18-28-103(56)81(126)65(43(11)12)98-75(120)57-22-17-27-102(57)78(123)51(31-40(5)6)89-62(109)37-87-61(108)36-83/h38-57,64-66,104H,15-37,83H2,1-14H3,(H2,84,105)(H2,85,106)(H2,86,107)(H,87,108)(H,88,117)(H,89,109)(H,90,115)(H,91,113)(H,92,114)(H,93,118)(H,94,119)(H,95,122)(H,96,121)(H,97,116)(H,98,120)(H,99,112)(H,110,111)(H,127,128)/t44-,45+,46-,47-,48-,49-,50-,51-,52-,53-,54-,55-,56-,57-,64-,65-,66-/m0/s1. The first-order valence-corrected chi connectivity index (χ1v) is 43.6. The molecule has 0 saturated carbocycles. The summed E-state index contributed by atoms with van der Waals surface area (Å²) in [5.74, 6) is -24.4. The van der Waals surface area contributed by atoms with Crippen LogP contribution in [0, 0.1) is 35.5 Å². The highest BCUT2D eigenvalue weighted by atomic mass is 16.4. The van der Waals surface area contributed by atoms with Crippen molar-refractivity contribution in [3.63, 3.8) is 0 Å². The highest BCUT2D eigenvalue weighted by molar-refractivity contribution is 6.03. The maximum Gasteiger partial charge on any atom is 0.325 e. The zero-order valence-corrected chi connectivity index (χ0v) is 75.5. The number of nitrogens with one attached hydrogen (secondary N) is 13. The number of likely N-dealkylation sites (tertiary alicyclic amines) is 4. The number of rotatable bonds is 51. The van der Waals surface area contributed by atoms with Crippen molar-refractivity contribution >= 4 is 130 Å². The second kappa shape index (κ2) is 51.3. The number of primary amides is 3. The topological polar surface area (TPSA) is 710 Å². The van der Waals surface area contributed by atoms with Crippen LogP contribution in [0.25, 0.3) is 0 Å². The first kappa shape index (κ1) is 109. The third-order valence-corrected chi connectivity index (χ3v) is 22.0. The quantitative estimate of drug-likeness (QED) is 0.0269. The van der Waals surface area contributed by atoms with Gasteiger partial charge < -0.3 is 127 Å². The molecule has 0 aromatic heterocycles. The number of nitrogens with two attached hydrogens (primary N) is 4. The Balaban J connectivity index is 1.52. The summed E-state index contributed by atoms with van der Waals surface area (Å²) in [6.45, 7) is 21.6. The van der Waals surface area contributed by atoms with Gasteiger partial charge in [-0.25, -0.2) is 0 Å². The normalized spacial score (nSPS) is 19.2. The van der Waals surface area contributed by atoms with E-state index in [0.717, 1.165) is 16.7 Å². The van der Waals surface area contributed by atoms with Crippen LogP contribution in [0.5, 0.6) is 0 Å². The minimum absolute atomic E-state index is 0.00117. The Labute approximate surface area is 743 Å². The molecule has 46 heteroatoms. The van der Waals surface area contributed by atoms with Gasteiger partial charge in [0, 0.05) is 32.6 Å². The molecule has 24 N–H and O–H groups in total. The van der Waals surface area contributed by atoms with Gasteiger partial charge in [-0.1, -0.05) is 83.1 Å². The van der Waals surface area contributed by atoms with Crippen molar-refractivity contribution in [3.8, 4) is 0 Å². The minimum atomic E-state index is -2.04. The second-order valence-electron chi connectivity index (χ2n) is 35.5. The molecule has 0 bridgehead atoms. The summed E-state index contributed by atoms with van der Waals surface area (Å²) in [4.78, 5) is 305. The number of aliphatic carboxylic acids is 2. The van der Waals surface area contributed by atoms with E-state index in [1.807, 2.05) is 13.8 Å². The van der Waals surface area contributed by atoms with Crippen LogP contribution in [0.4, 0.5) is 0 Å². The van der Waals surface area contributed by atoms with E-state index < -0.39 is 289 Å². The lowest BCUT2D eigenvalue weighted by atomic mass is 9.99. The number of carboxylic acids is 2. The SMILES string of the molecule is CC(C)C[C@H](NC(=O)[C@@H]1CCCN1C(=O)[C@H](CC(C)C)NC(=O)[C@@H](NC(=O)[C@H](CCC(N)=O)NC(=O)[C@H](CC(=O)O)NC(=O)[C@H](CC(C)C)NC(=O)[C@@H]1CCCN1C(=O)[C@@H](NC(=O)[C@@H]1CCCN1C(=O)[C@H](CC(C)C)NC(=O)CNC(=O)CN)C(C)C)[C@@H](C)O)C(=O)N[C@@H](CC(N)=O)C(=O)N[C@H](C(=O)N[C@@H](CC(N)=O)C(=O)N1CCC[C@H]1C(=O)N[C@@H](C)C(=O)O)C(C)C. The molecule has 0 unspecified atom stereocenters. The average Bonchev–Trinajstić information content (AvgIpc) is 1.64. The summed E-state index contributed by atoms with van der Waals surface area (Å²) in [6.07, 6.45) is -4.50. The van der Waals surface area contributed by atoms with Crippen LogP contribution in [0.3, 0.4) is 0 Å². The van der Waals surface area contributed by atoms with Gasteiger partial charge >= 0.3 is 11.9 Å². The van der Waals surface area contributed by atoms with Crippen molar-refractivity contribution in [2.75, 3.05) is 39.3 Å². The molecule has 0 aliphatic carbocycles. The summed E-state index contributed by atoms with van der Waals surface area (Å²) in [6, 6.07) is -24.1. The van der Waals surface area contributed by atoms with E-state index in [2.05, 4.69) is 69.1 Å². The lowest BCUT2D eigenvalue weighted by Crippen LogP contribution is -2.62. The molecule has 4 saturated heterocycles. The van der Waals surface area contributed by atoms with Crippen LogP contribution >= 0.6 is 0 Å². The maximum absolute atomic E-state index is 14.9. The van der Waals surface area contributed by atoms with Crippen LogP contribution in [-0.4, -0.2) is 307 Å². The van der Waals surface area contributed by atoms with Crippen LogP contribution in [0.1, 0.15) is 206 Å². The van der Waals surface area contributed by atoms with Crippen molar-refractivity contribution < 1.29 is 121 Å². The Morgan fingerprint density at radius 1 is 0.336 bits per heavy atom. The van der Waals surface area contributed by atoms with E-state index in [4.69, 9.17) is 22.9 Å². The molecule has 20 amide bonds. The largest absolute Gasteiger partial charge is 0.481 e. The molecule has 0 aromatic rings. The Bertz CT molecular complexity index is 4030. The first-order chi connectivity index (χ1) is 59.8. The van der Waals surface area contributed by atoms with Gasteiger partial charge in [0.1, 0.15) is 96.7 Å². The maximum atomic E-state index is 14.9. The predicted octanol–water partition coefficient (Wildman–Crippen LogP) is -6.68. The third kappa shape index (κ3) is 33.8. The molecular formula is C82H135N21O25. The summed E-state index contributed by atoms with van der Waals surface area (Å²) in [5, 5.41) is 62.7. The van der Waals surface area contributed by atoms with Gasteiger partial charge in [-0.2, -0.15) is 0 Å². The van der Waals surface area contributed by atoms with E-state index in [-0.39, 0.29) is 115 Å². The molecule has 0 radical (unpaired) electrons. The molecule has 4 fully saturated rings. The van der Waals surface area contributed by atoms with Gasteiger partial charge in [0.05, 0.1) is 38.5 Å². The number of amides is 20. The fourth-order valence-electron chi connectivity index (χ4n) is 15.5. The summed E-state index contributed by atoms with van der Waals surface area (Å²) in [5.41, 5.74) is 21.9. The van der Waals surface area contributed by atoms with Crippen LogP contribution in [-0.2, 0) is 105 Å². The minimum Gasteiger partial charge on any atom is -0.481 e. The van der Waals surface area contributed by atoms with Crippen molar-refractivity contribution in [3.05, 3.63) is 0 Å². The molecule has 46 nitrogen and oxygen atoms in total. The van der Waals surface area contributed by atoms with Crippen molar-refractivity contribution in [2.45, 2.75) is 309 Å². The van der Waals surface area contributed by atoms with Crippen molar-refractivity contribution in [1.29, 1.82) is 0 Å². The number of aliphatic hydroxyl groups is 1. The summed E-state index contributed by atoms with van der Waals surface area (Å²) < 4.78 is 0. The van der Waals surface area contributed by atoms with Crippen molar-refractivity contribution in [1.82, 2.24) is 88.7 Å². The fraction of sp³-hybridized carbons (Fsp3) is 0.732. The molecule has 0 aromatic carbocycles. The summed E-state index contributed by atoms with van der Waals surface area (Å²) in [7, 11) is 0. The Hall–Kier alpha value is -11.7. The van der Waals surface area contributed by atoms with Crippen LogP contribution in [0.15, 0.2) is 0 Å². The molecule has 0 spiro atoms. The average molecular weight is 1820 g/mol. The smallest absolute Gasteiger partial charge is 0.325 e. The molecule has 4 heterocycles. The molecular weight excluding hydrogens is 1680 g/mol. The van der Waals surface area contributed by atoms with E-state index in [9.17, 15) is 121 Å². The molecule has 718 valence electrons. The molecule has 128 heavy (non-hydrogen) atoms. The van der Waals surface area contributed by atoms with E-state index >= 15 is 0 Å². The summed E-state index contributed by atoms with van der Waals surface area (Å²) >= 11 is 0. The predicted molar refractivity (Wildman–Crippen MR) is 455 cm³/mol. The Morgan fingerprint density at radius 2 is 0.664 bits per heavy atom. The van der Waals surface area contributed by atoms with Crippen LogP contribution in [0.2, 0.25) is 0 Å². The lowest BCUT2D eigenvalue weighted by Gasteiger charge is -2.33. The second-order valence-corrected chi connectivity index (χ2v) is 35.5. The van der Waals surface area contributed by atoms with Gasteiger partial charge in [0.15, 0.2) is 0 Å². The molecule has 17 atom stereocenters. The Morgan fingerprint density at radius 3 is 1.05 bits per heavy atom. The zero-order valence-electron chi connectivity index (χ0n) is 75.5. The monoisotopic (exact) mass is 1810 g/mol. The highest BCUT2D eigenvalue weighted by Gasteiger charge is 2.47. The number of carbonyl (C=O) groups is 22. The zero-order chi connectivity index (χ0) is 96.7. The van der Waals surface area contributed by atoms with E-state index in [1.165, 1.54) is 30.6 Å². The van der Waals surface area contributed by atoms with E-state index in [0.29, 0.717) is 12.8 Å². The number of hydrogen-bond donors (Lipinski definition) is 20. The molecule has 4 aliphatic rings.